The normalized spacial score (nSPS) is 19.2. The minimum Gasteiger partial charge on any atom is -0.396 e. The highest BCUT2D eigenvalue weighted by atomic mass is 16.2. The first-order chi connectivity index (χ1) is 8.52. The molecule has 98 valence electrons. The number of nitrogen functional groups attached to an aromatic ring is 1. The predicted molar refractivity (Wildman–Crippen MR) is 65.5 cm³/mol. The van der Waals surface area contributed by atoms with E-state index in [1.807, 2.05) is 6.92 Å². The molecule has 7 nitrogen and oxygen atoms in total. The van der Waals surface area contributed by atoms with Gasteiger partial charge in [-0.05, 0) is 13.3 Å². The molecule has 1 saturated heterocycles. The fourth-order valence-corrected chi connectivity index (χ4v) is 2.09. The third kappa shape index (κ3) is 2.15. The van der Waals surface area contributed by atoms with Crippen LogP contribution in [0.1, 0.15) is 23.8 Å². The molecule has 0 aromatic carbocycles. The Bertz CT molecular complexity index is 482. The summed E-state index contributed by atoms with van der Waals surface area (Å²) in [5.74, 6) is -0.857. The van der Waals surface area contributed by atoms with E-state index < -0.39 is 0 Å². The molecule has 1 aromatic heterocycles. The van der Waals surface area contributed by atoms with E-state index in [1.165, 1.54) is 0 Å². The summed E-state index contributed by atoms with van der Waals surface area (Å²) in [4.78, 5) is 24.8. The van der Waals surface area contributed by atoms with Crippen LogP contribution in [0, 0.1) is 5.92 Å². The molecule has 1 fully saturated rings. The Morgan fingerprint density at radius 3 is 2.78 bits per heavy atom. The number of anilines is 1. The molecule has 18 heavy (non-hydrogen) atoms. The average molecular weight is 251 g/mol. The fourth-order valence-electron chi connectivity index (χ4n) is 2.09. The van der Waals surface area contributed by atoms with Crippen molar-refractivity contribution in [3.63, 3.8) is 0 Å². The van der Waals surface area contributed by atoms with Crippen molar-refractivity contribution in [2.24, 2.45) is 11.7 Å². The molecule has 0 aliphatic carbocycles. The van der Waals surface area contributed by atoms with Gasteiger partial charge in [-0.1, -0.05) is 0 Å². The van der Waals surface area contributed by atoms with Gasteiger partial charge in [-0.2, -0.15) is 5.10 Å². The Kier molecular flexibility index (Phi) is 3.22. The Morgan fingerprint density at radius 2 is 2.28 bits per heavy atom. The number of nitrogens with zero attached hydrogens (tertiary/aromatic N) is 3. The van der Waals surface area contributed by atoms with E-state index in [0.717, 1.165) is 0 Å². The SMILES string of the molecule is CCn1cc(N)c(C(=O)N2CCC(C(N)=O)C2)n1. The zero-order chi connectivity index (χ0) is 13.3. The van der Waals surface area contributed by atoms with Crippen LogP contribution in [0.2, 0.25) is 0 Å². The van der Waals surface area contributed by atoms with Crippen LogP contribution < -0.4 is 11.5 Å². The first kappa shape index (κ1) is 12.4. The minimum atomic E-state index is -0.364. The topological polar surface area (TPSA) is 107 Å². The van der Waals surface area contributed by atoms with Crippen molar-refractivity contribution in [1.29, 1.82) is 0 Å². The van der Waals surface area contributed by atoms with Crippen molar-refractivity contribution in [3.8, 4) is 0 Å². The molecular formula is C11H17N5O2. The lowest BCUT2D eigenvalue weighted by molar-refractivity contribution is -0.121. The lowest BCUT2D eigenvalue weighted by Crippen LogP contribution is -2.32. The zero-order valence-electron chi connectivity index (χ0n) is 10.3. The Balaban J connectivity index is 2.12. The summed E-state index contributed by atoms with van der Waals surface area (Å²) in [6.45, 7) is 3.44. The van der Waals surface area contributed by atoms with Gasteiger partial charge in [0.1, 0.15) is 0 Å². The summed E-state index contributed by atoms with van der Waals surface area (Å²) in [5.41, 5.74) is 11.6. The van der Waals surface area contributed by atoms with E-state index in [1.54, 1.807) is 15.8 Å². The number of rotatable bonds is 3. The number of nitrogens with two attached hydrogens (primary N) is 2. The van der Waals surface area contributed by atoms with E-state index in [4.69, 9.17) is 11.5 Å². The number of likely N-dealkylation sites (tertiary alicyclic amines) is 1. The number of aromatic nitrogens is 2. The molecule has 1 atom stereocenters. The third-order valence-corrected chi connectivity index (χ3v) is 3.19. The van der Waals surface area contributed by atoms with Gasteiger partial charge in [0.2, 0.25) is 5.91 Å². The molecule has 0 bridgehead atoms. The molecule has 1 aromatic rings. The molecule has 0 saturated carbocycles. The molecule has 0 radical (unpaired) electrons. The number of aryl methyl sites for hydroxylation is 1. The van der Waals surface area contributed by atoms with Crippen molar-refractivity contribution >= 4 is 17.5 Å². The summed E-state index contributed by atoms with van der Waals surface area (Å²) in [6.07, 6.45) is 2.24. The predicted octanol–water partition coefficient (Wildman–Crippen LogP) is -0.567. The fraction of sp³-hybridized carbons (Fsp3) is 0.545. The maximum absolute atomic E-state index is 12.2. The van der Waals surface area contributed by atoms with Gasteiger partial charge in [-0.3, -0.25) is 14.3 Å². The molecule has 2 amide bonds. The highest BCUT2D eigenvalue weighted by molar-refractivity contribution is 5.97. The maximum atomic E-state index is 12.2. The Labute approximate surface area is 105 Å². The van der Waals surface area contributed by atoms with Crippen LogP contribution in [0.4, 0.5) is 5.69 Å². The molecular weight excluding hydrogens is 234 g/mol. The summed E-state index contributed by atoms with van der Waals surface area (Å²) < 4.78 is 1.62. The monoisotopic (exact) mass is 251 g/mol. The molecule has 2 rings (SSSR count). The zero-order valence-corrected chi connectivity index (χ0v) is 10.3. The van der Waals surface area contributed by atoms with Crippen molar-refractivity contribution < 1.29 is 9.59 Å². The quantitative estimate of drug-likeness (QED) is 0.750. The Hall–Kier alpha value is -2.05. The number of carbonyl (C=O) groups is 2. The third-order valence-electron chi connectivity index (χ3n) is 3.19. The summed E-state index contributed by atoms with van der Waals surface area (Å²) >= 11 is 0. The first-order valence-electron chi connectivity index (χ1n) is 5.94. The largest absolute Gasteiger partial charge is 0.396 e. The molecule has 4 N–H and O–H groups in total. The number of amides is 2. The van der Waals surface area contributed by atoms with Crippen LogP contribution in [0.15, 0.2) is 6.20 Å². The highest BCUT2D eigenvalue weighted by Gasteiger charge is 2.31. The van der Waals surface area contributed by atoms with E-state index in [9.17, 15) is 9.59 Å². The van der Waals surface area contributed by atoms with Gasteiger partial charge in [-0.25, -0.2) is 0 Å². The van der Waals surface area contributed by atoms with Gasteiger partial charge in [-0.15, -0.1) is 0 Å². The van der Waals surface area contributed by atoms with Crippen LogP contribution in [0.25, 0.3) is 0 Å². The smallest absolute Gasteiger partial charge is 0.276 e. The van der Waals surface area contributed by atoms with Gasteiger partial charge >= 0.3 is 0 Å². The van der Waals surface area contributed by atoms with Crippen molar-refractivity contribution in [1.82, 2.24) is 14.7 Å². The second-order valence-electron chi connectivity index (χ2n) is 4.43. The number of hydrogen-bond donors (Lipinski definition) is 2. The van der Waals surface area contributed by atoms with Crippen LogP contribution in [-0.2, 0) is 11.3 Å². The lowest BCUT2D eigenvalue weighted by atomic mass is 10.1. The lowest BCUT2D eigenvalue weighted by Gasteiger charge is -2.14. The van der Waals surface area contributed by atoms with Gasteiger partial charge in [0, 0.05) is 25.8 Å². The van der Waals surface area contributed by atoms with Gasteiger partial charge in [0.25, 0.3) is 5.91 Å². The number of carbonyl (C=O) groups excluding carboxylic acids is 2. The number of primary amides is 1. The van der Waals surface area contributed by atoms with Crippen LogP contribution in [-0.4, -0.2) is 39.6 Å². The molecule has 1 aliphatic rings. The molecule has 2 heterocycles. The number of hydrogen-bond acceptors (Lipinski definition) is 4. The molecule has 1 unspecified atom stereocenters. The van der Waals surface area contributed by atoms with Crippen LogP contribution in [0.3, 0.4) is 0 Å². The van der Waals surface area contributed by atoms with Gasteiger partial charge in [0.05, 0.1) is 11.6 Å². The van der Waals surface area contributed by atoms with Crippen LogP contribution in [0.5, 0.6) is 0 Å². The van der Waals surface area contributed by atoms with Crippen molar-refractivity contribution in [3.05, 3.63) is 11.9 Å². The van der Waals surface area contributed by atoms with E-state index in [0.29, 0.717) is 31.7 Å². The maximum Gasteiger partial charge on any atom is 0.276 e. The second kappa shape index (κ2) is 4.67. The van der Waals surface area contributed by atoms with Gasteiger partial charge < -0.3 is 16.4 Å². The van der Waals surface area contributed by atoms with Crippen molar-refractivity contribution in [2.75, 3.05) is 18.8 Å². The van der Waals surface area contributed by atoms with Crippen molar-refractivity contribution in [2.45, 2.75) is 19.9 Å². The highest BCUT2D eigenvalue weighted by Crippen LogP contribution is 2.20. The van der Waals surface area contributed by atoms with Gasteiger partial charge in [0.15, 0.2) is 5.69 Å². The first-order valence-corrected chi connectivity index (χ1v) is 5.94. The molecule has 0 spiro atoms. The van der Waals surface area contributed by atoms with Crippen LogP contribution >= 0.6 is 0 Å². The summed E-state index contributed by atoms with van der Waals surface area (Å²) in [6, 6.07) is 0. The van der Waals surface area contributed by atoms with E-state index in [-0.39, 0.29) is 23.4 Å². The molecule has 1 aliphatic heterocycles. The average Bonchev–Trinajstić information content (AvgIpc) is 2.94. The summed E-state index contributed by atoms with van der Waals surface area (Å²) in [5, 5.41) is 4.13. The second-order valence-corrected chi connectivity index (χ2v) is 4.43. The molecule has 7 heteroatoms. The summed E-state index contributed by atoms with van der Waals surface area (Å²) in [7, 11) is 0. The Morgan fingerprint density at radius 1 is 1.56 bits per heavy atom. The minimum absolute atomic E-state index is 0.233. The standard InChI is InChI=1S/C11H17N5O2/c1-2-16-6-8(12)9(14-16)11(18)15-4-3-7(5-15)10(13)17/h6-7H,2-5,12H2,1H3,(H2,13,17). The van der Waals surface area contributed by atoms with E-state index >= 15 is 0 Å². The van der Waals surface area contributed by atoms with E-state index in [2.05, 4.69) is 5.10 Å².